The molecule has 0 spiro atoms. The van der Waals surface area contributed by atoms with E-state index in [1.54, 1.807) is 38.1 Å². The number of nitrogens with zero attached hydrogens (tertiary/aromatic N) is 2. The number of nitrogens with two attached hydrogens (primary N) is 1. The zero-order chi connectivity index (χ0) is 39.2. The maximum absolute atomic E-state index is 14.3. The van der Waals surface area contributed by atoms with Crippen LogP contribution in [-0.4, -0.2) is 110 Å². The molecule has 14 nitrogen and oxygen atoms in total. The van der Waals surface area contributed by atoms with Crippen LogP contribution in [0, 0.1) is 5.92 Å². The molecule has 2 aromatic carbocycles. The molecule has 1 heterocycles. The SMILES string of the molecule is CCCCCCCC(N)C(O)C(=O)NC(C(=O)NC(Cc1ccc(O)cc1)C(=O)N1CCCC1C(=O)N(C)C(Cc1ccc(O)cc1)C(=O)O)C(C)C. The van der Waals surface area contributed by atoms with Crippen molar-refractivity contribution in [3.8, 4) is 11.5 Å². The maximum Gasteiger partial charge on any atom is 0.326 e. The Morgan fingerprint density at radius 1 is 0.868 bits per heavy atom. The Bertz CT molecular complexity index is 1520. The molecule has 0 radical (unpaired) electrons. The average Bonchev–Trinajstić information content (AvgIpc) is 3.62. The standard InChI is InChI=1S/C39H57N5O9/c1-5-6-7-8-9-11-29(40)34(47)36(49)42-33(24(2)3)35(48)41-30(22-25-13-17-27(45)18-14-25)37(50)44-21-10-12-31(44)38(51)43(4)32(39(52)53)23-26-15-19-28(46)20-16-26/h13-20,24,29-34,45-47H,5-12,21-23,40H2,1-4H3,(H,41,48)(H,42,49)(H,52,53). The summed E-state index contributed by atoms with van der Waals surface area (Å²) in [6.07, 6.45) is 4.51. The molecule has 0 saturated carbocycles. The number of aliphatic carboxylic acids is 1. The highest BCUT2D eigenvalue weighted by atomic mass is 16.4. The number of carboxylic acids is 1. The van der Waals surface area contributed by atoms with Gasteiger partial charge in [0.15, 0.2) is 0 Å². The minimum absolute atomic E-state index is 0.00880. The van der Waals surface area contributed by atoms with Crippen LogP contribution in [0.1, 0.15) is 83.3 Å². The number of carboxylic acid groups (broad SMARTS) is 1. The van der Waals surface area contributed by atoms with Crippen LogP contribution >= 0.6 is 0 Å². The maximum atomic E-state index is 14.3. The van der Waals surface area contributed by atoms with Gasteiger partial charge in [-0.2, -0.15) is 0 Å². The molecule has 1 fully saturated rings. The van der Waals surface area contributed by atoms with Crippen molar-refractivity contribution in [1.29, 1.82) is 0 Å². The van der Waals surface area contributed by atoms with Crippen LogP contribution in [-0.2, 0) is 36.8 Å². The first-order valence-corrected chi connectivity index (χ1v) is 18.5. The monoisotopic (exact) mass is 739 g/mol. The number of phenols is 2. The fourth-order valence-electron chi connectivity index (χ4n) is 6.56. The van der Waals surface area contributed by atoms with Gasteiger partial charge in [-0.25, -0.2) is 4.79 Å². The molecule has 0 aliphatic carbocycles. The molecule has 4 amide bonds. The summed E-state index contributed by atoms with van der Waals surface area (Å²) in [4.78, 5) is 69.9. The van der Waals surface area contributed by atoms with E-state index in [-0.39, 0.29) is 37.3 Å². The molecule has 1 aliphatic rings. The second-order valence-corrected chi connectivity index (χ2v) is 14.3. The average molecular weight is 740 g/mol. The Hall–Kier alpha value is -4.69. The van der Waals surface area contributed by atoms with Crippen LogP contribution < -0.4 is 16.4 Å². The van der Waals surface area contributed by atoms with Gasteiger partial charge in [-0.15, -0.1) is 0 Å². The quantitative estimate of drug-likeness (QED) is 0.0983. The van der Waals surface area contributed by atoms with Crippen molar-refractivity contribution in [2.45, 2.75) is 121 Å². The Morgan fingerprint density at radius 2 is 1.43 bits per heavy atom. The summed E-state index contributed by atoms with van der Waals surface area (Å²) in [6, 6.07) is 6.70. The second-order valence-electron chi connectivity index (χ2n) is 14.3. The minimum Gasteiger partial charge on any atom is -0.508 e. The number of hydrogen-bond acceptors (Lipinski definition) is 9. The molecular formula is C39H57N5O9. The Kier molecular flexibility index (Phi) is 16.5. The highest BCUT2D eigenvalue weighted by Crippen LogP contribution is 2.24. The molecule has 0 aromatic heterocycles. The summed E-state index contributed by atoms with van der Waals surface area (Å²) in [5.41, 5.74) is 7.33. The van der Waals surface area contributed by atoms with Gasteiger partial charge >= 0.3 is 5.97 Å². The van der Waals surface area contributed by atoms with Crippen molar-refractivity contribution >= 4 is 29.6 Å². The van der Waals surface area contributed by atoms with Gasteiger partial charge in [0.1, 0.15) is 41.8 Å². The Morgan fingerprint density at radius 3 is 1.98 bits per heavy atom. The van der Waals surface area contributed by atoms with Gasteiger partial charge in [0.05, 0.1) is 0 Å². The molecular weight excluding hydrogens is 682 g/mol. The number of unbranched alkanes of at least 4 members (excludes halogenated alkanes) is 4. The molecule has 292 valence electrons. The van der Waals surface area contributed by atoms with E-state index < -0.39 is 71.8 Å². The predicted octanol–water partition coefficient (Wildman–Crippen LogP) is 2.46. The number of phenolic OH excluding ortho intramolecular Hbond substituents is 2. The largest absolute Gasteiger partial charge is 0.508 e. The van der Waals surface area contributed by atoms with Crippen LogP contribution in [0.2, 0.25) is 0 Å². The van der Waals surface area contributed by atoms with Crippen LogP contribution in [0.25, 0.3) is 0 Å². The third kappa shape index (κ3) is 12.5. The number of nitrogens with one attached hydrogen (secondary N) is 2. The van der Waals surface area contributed by atoms with E-state index in [0.717, 1.165) is 37.0 Å². The summed E-state index contributed by atoms with van der Waals surface area (Å²) in [7, 11) is 1.38. The number of benzene rings is 2. The molecule has 2 aromatic rings. The molecule has 8 N–H and O–H groups in total. The highest BCUT2D eigenvalue weighted by Gasteiger charge is 2.42. The Labute approximate surface area is 311 Å². The molecule has 0 bridgehead atoms. The molecule has 1 saturated heterocycles. The van der Waals surface area contributed by atoms with Crippen molar-refractivity contribution in [1.82, 2.24) is 20.4 Å². The number of aliphatic hydroxyl groups is 1. The van der Waals surface area contributed by atoms with Crippen LogP contribution in [0.3, 0.4) is 0 Å². The van der Waals surface area contributed by atoms with E-state index >= 15 is 0 Å². The molecule has 14 heteroatoms. The van der Waals surface area contributed by atoms with E-state index in [1.807, 2.05) is 0 Å². The van der Waals surface area contributed by atoms with E-state index in [4.69, 9.17) is 5.73 Å². The number of carbonyl (C=O) groups is 5. The third-order valence-electron chi connectivity index (χ3n) is 9.84. The van der Waals surface area contributed by atoms with Crippen molar-refractivity contribution in [2.75, 3.05) is 13.6 Å². The van der Waals surface area contributed by atoms with Crippen LogP contribution in [0.4, 0.5) is 0 Å². The molecule has 53 heavy (non-hydrogen) atoms. The van der Waals surface area contributed by atoms with Crippen molar-refractivity contribution in [3.63, 3.8) is 0 Å². The van der Waals surface area contributed by atoms with E-state index in [0.29, 0.717) is 24.0 Å². The summed E-state index contributed by atoms with van der Waals surface area (Å²) in [5, 5.41) is 45.6. The smallest absolute Gasteiger partial charge is 0.326 e. The molecule has 3 rings (SSSR count). The van der Waals surface area contributed by atoms with Gasteiger partial charge in [-0.05, 0) is 60.6 Å². The van der Waals surface area contributed by atoms with Gasteiger partial charge in [0.2, 0.25) is 17.7 Å². The summed E-state index contributed by atoms with van der Waals surface area (Å²) >= 11 is 0. The number of likely N-dealkylation sites (tertiary alicyclic amines) is 1. The Balaban J connectivity index is 1.80. The lowest BCUT2D eigenvalue weighted by molar-refractivity contribution is -0.153. The summed E-state index contributed by atoms with van der Waals surface area (Å²) in [5.74, 6) is -4.26. The van der Waals surface area contributed by atoms with Gasteiger partial charge < -0.3 is 46.6 Å². The lowest BCUT2D eigenvalue weighted by Gasteiger charge is -2.34. The first-order chi connectivity index (χ1) is 25.1. The van der Waals surface area contributed by atoms with Crippen molar-refractivity contribution < 1.29 is 44.4 Å². The first kappa shape index (κ1) is 42.7. The van der Waals surface area contributed by atoms with Gasteiger partial charge in [0.25, 0.3) is 5.91 Å². The lowest BCUT2D eigenvalue weighted by Crippen LogP contribution is -2.60. The van der Waals surface area contributed by atoms with Crippen molar-refractivity contribution in [3.05, 3.63) is 59.7 Å². The highest BCUT2D eigenvalue weighted by molar-refractivity contribution is 5.96. The van der Waals surface area contributed by atoms with Gasteiger partial charge in [0, 0.05) is 32.5 Å². The summed E-state index contributed by atoms with van der Waals surface area (Å²) < 4.78 is 0. The second kappa shape index (κ2) is 20.5. The zero-order valence-corrected chi connectivity index (χ0v) is 31.2. The van der Waals surface area contributed by atoms with Gasteiger partial charge in [-0.1, -0.05) is 77.1 Å². The number of carbonyl (C=O) groups excluding carboxylic acids is 4. The minimum atomic E-state index is -1.54. The number of aliphatic hydroxyl groups excluding tert-OH is 1. The fraction of sp³-hybridized carbons (Fsp3) is 0.564. The van der Waals surface area contributed by atoms with E-state index in [2.05, 4.69) is 17.6 Å². The predicted molar refractivity (Wildman–Crippen MR) is 199 cm³/mol. The third-order valence-corrected chi connectivity index (χ3v) is 9.84. The molecule has 6 unspecified atom stereocenters. The van der Waals surface area contributed by atoms with Crippen LogP contribution in [0.5, 0.6) is 11.5 Å². The number of hydrogen-bond donors (Lipinski definition) is 7. The first-order valence-electron chi connectivity index (χ1n) is 18.5. The normalized spacial score (nSPS) is 17.0. The van der Waals surface area contributed by atoms with Crippen LogP contribution in [0.15, 0.2) is 48.5 Å². The number of aromatic hydroxyl groups is 2. The van der Waals surface area contributed by atoms with Crippen molar-refractivity contribution in [2.24, 2.45) is 11.7 Å². The van der Waals surface area contributed by atoms with E-state index in [1.165, 1.54) is 36.2 Å². The number of rotatable bonds is 20. The zero-order valence-electron chi connectivity index (χ0n) is 31.2. The lowest BCUT2D eigenvalue weighted by atomic mass is 9.98. The van der Waals surface area contributed by atoms with Gasteiger partial charge in [-0.3, -0.25) is 19.2 Å². The fourth-order valence-corrected chi connectivity index (χ4v) is 6.56. The summed E-state index contributed by atoms with van der Waals surface area (Å²) in [6.45, 7) is 5.72. The molecule has 1 aliphatic heterocycles. The topological polar surface area (TPSA) is 223 Å². The molecule has 6 atom stereocenters. The van der Waals surface area contributed by atoms with E-state index in [9.17, 15) is 44.4 Å². The number of likely N-dealkylation sites (N-methyl/N-ethyl adjacent to an activating group) is 1. The number of amides is 4.